The number of esters is 1. The minimum absolute atomic E-state index is 0.0751. The summed E-state index contributed by atoms with van der Waals surface area (Å²) in [5.74, 6) is -0.462. The highest BCUT2D eigenvalue weighted by molar-refractivity contribution is 5.77. The van der Waals surface area contributed by atoms with Crippen LogP contribution in [0.1, 0.15) is 348 Å². The molecule has 0 aromatic heterocycles. The summed E-state index contributed by atoms with van der Waals surface area (Å²) < 4.78 is 5.98. The Kier molecular flexibility index (Phi) is 55.3. The first-order valence-electron chi connectivity index (χ1n) is 30.9. The van der Waals surface area contributed by atoms with Crippen molar-refractivity contribution in [2.45, 2.75) is 366 Å². The van der Waals surface area contributed by atoms with Gasteiger partial charge in [-0.15, -0.1) is 0 Å². The van der Waals surface area contributed by atoms with Gasteiger partial charge in [-0.2, -0.15) is 0 Å². The summed E-state index contributed by atoms with van der Waals surface area (Å²) in [6.45, 7) is 6.54. The molecule has 68 heavy (non-hydrogen) atoms. The van der Waals surface area contributed by atoms with Crippen LogP contribution in [0.25, 0.3) is 0 Å². The number of nitrogens with one attached hydrogen (secondary N) is 1. The standard InChI is InChI=1S/C62H121NO5/c1-4-7-10-13-16-19-22-25-28-30-31-34-37-40-43-46-49-52-55-62(67)68-58(53-50-47-44-41-38-35-33-29-26-23-20-17-14-11-8-5-2)56-61(66)63-59(57-64)60(65)54-51-48-45-42-39-36-32-27-24-21-18-15-12-9-6-3/h35,38,58-60,64-65H,4-34,36-37,39-57H2,1-3H3,(H,63,66)/b38-35+. The quantitative estimate of drug-likeness (QED) is 0.0321. The molecule has 0 radical (unpaired) electrons. The fourth-order valence-electron chi connectivity index (χ4n) is 9.90. The molecule has 1 amide bonds. The Bertz CT molecular complexity index is 1030. The molecule has 0 saturated heterocycles. The normalized spacial score (nSPS) is 13.1. The molecule has 0 aliphatic carbocycles. The number of aliphatic hydroxyl groups is 2. The predicted octanol–water partition coefficient (Wildman–Crippen LogP) is 19.2. The van der Waals surface area contributed by atoms with Crippen LogP contribution >= 0.6 is 0 Å². The SMILES string of the molecule is CCCCCCCCCCC/C=C/CCCCCC(CC(=O)NC(CO)C(O)CCCCCCCCCCCCCCCCC)OC(=O)CCCCCCCCCCCCCCCCCCCC. The molecule has 0 aromatic carbocycles. The van der Waals surface area contributed by atoms with Crippen LogP contribution in [0.5, 0.6) is 0 Å². The number of allylic oxidation sites excluding steroid dienone is 2. The molecule has 0 heterocycles. The molecule has 0 spiro atoms. The molecule has 404 valence electrons. The zero-order valence-electron chi connectivity index (χ0n) is 46.3. The van der Waals surface area contributed by atoms with Crippen LogP contribution in [0.3, 0.4) is 0 Å². The molecule has 0 rings (SSSR count). The molecule has 0 aliphatic heterocycles. The Balaban J connectivity index is 4.50. The third-order valence-electron chi connectivity index (χ3n) is 14.6. The fraction of sp³-hybridized carbons (Fsp3) is 0.935. The third kappa shape index (κ3) is 51.0. The number of carbonyl (C=O) groups is 2. The van der Waals surface area contributed by atoms with E-state index in [1.165, 1.54) is 244 Å². The predicted molar refractivity (Wildman–Crippen MR) is 297 cm³/mol. The summed E-state index contributed by atoms with van der Waals surface area (Å²) in [6.07, 6.45) is 65.7. The minimum Gasteiger partial charge on any atom is -0.462 e. The topological polar surface area (TPSA) is 95.9 Å². The molecule has 6 heteroatoms. The summed E-state index contributed by atoms with van der Waals surface area (Å²) >= 11 is 0. The third-order valence-corrected chi connectivity index (χ3v) is 14.6. The van der Waals surface area contributed by atoms with Gasteiger partial charge in [0, 0.05) is 6.42 Å². The molecule has 0 aliphatic rings. The van der Waals surface area contributed by atoms with Gasteiger partial charge in [0.15, 0.2) is 0 Å². The molecular formula is C62H121NO5. The maximum absolute atomic E-state index is 13.3. The van der Waals surface area contributed by atoms with Crippen LogP contribution in [0, 0.1) is 0 Å². The van der Waals surface area contributed by atoms with E-state index in [2.05, 4.69) is 38.2 Å². The number of hydrogen-bond acceptors (Lipinski definition) is 5. The lowest BCUT2D eigenvalue weighted by Crippen LogP contribution is -2.46. The monoisotopic (exact) mass is 960 g/mol. The van der Waals surface area contributed by atoms with Gasteiger partial charge >= 0.3 is 5.97 Å². The van der Waals surface area contributed by atoms with Crippen molar-refractivity contribution >= 4 is 11.9 Å². The summed E-state index contributed by atoms with van der Waals surface area (Å²) in [7, 11) is 0. The van der Waals surface area contributed by atoms with Gasteiger partial charge < -0.3 is 20.3 Å². The van der Waals surface area contributed by atoms with E-state index >= 15 is 0 Å². The summed E-state index contributed by atoms with van der Waals surface area (Å²) in [6, 6.07) is -0.701. The number of unbranched alkanes of at least 4 members (excludes halogenated alkanes) is 43. The maximum Gasteiger partial charge on any atom is 0.306 e. The average Bonchev–Trinajstić information content (AvgIpc) is 3.33. The molecule has 3 unspecified atom stereocenters. The largest absolute Gasteiger partial charge is 0.462 e. The lowest BCUT2D eigenvalue weighted by atomic mass is 10.0. The van der Waals surface area contributed by atoms with Crippen LogP contribution in [0.2, 0.25) is 0 Å². The van der Waals surface area contributed by atoms with Gasteiger partial charge in [0.1, 0.15) is 6.10 Å². The van der Waals surface area contributed by atoms with Crippen molar-refractivity contribution in [2.24, 2.45) is 0 Å². The zero-order valence-corrected chi connectivity index (χ0v) is 46.3. The van der Waals surface area contributed by atoms with E-state index in [0.29, 0.717) is 19.3 Å². The summed E-state index contributed by atoms with van der Waals surface area (Å²) in [4.78, 5) is 26.3. The maximum atomic E-state index is 13.3. The van der Waals surface area contributed by atoms with Gasteiger partial charge in [-0.05, 0) is 51.4 Å². The second-order valence-corrected chi connectivity index (χ2v) is 21.5. The highest BCUT2D eigenvalue weighted by atomic mass is 16.5. The van der Waals surface area contributed by atoms with Gasteiger partial charge in [0.05, 0.1) is 25.2 Å². The molecule has 0 saturated carbocycles. The first kappa shape index (κ1) is 66.6. The molecule has 6 nitrogen and oxygen atoms in total. The van der Waals surface area contributed by atoms with Crippen LogP contribution in [-0.4, -0.2) is 46.9 Å². The Morgan fingerprint density at radius 3 is 1.06 bits per heavy atom. The van der Waals surface area contributed by atoms with E-state index in [-0.39, 0.29) is 24.9 Å². The van der Waals surface area contributed by atoms with E-state index in [1.54, 1.807) is 0 Å². The summed E-state index contributed by atoms with van der Waals surface area (Å²) in [5, 5.41) is 23.9. The smallest absolute Gasteiger partial charge is 0.306 e. The second kappa shape index (κ2) is 56.5. The van der Waals surface area contributed by atoms with E-state index in [1.807, 2.05) is 0 Å². The first-order valence-corrected chi connectivity index (χ1v) is 30.9. The number of amides is 1. The van der Waals surface area contributed by atoms with E-state index in [4.69, 9.17) is 4.74 Å². The molecule has 0 fully saturated rings. The molecule has 3 N–H and O–H groups in total. The van der Waals surface area contributed by atoms with Crippen molar-refractivity contribution in [1.29, 1.82) is 0 Å². The molecule has 0 aromatic rings. The van der Waals surface area contributed by atoms with E-state index in [9.17, 15) is 19.8 Å². The Hall–Kier alpha value is -1.40. The molecule has 3 atom stereocenters. The lowest BCUT2D eigenvalue weighted by molar-refractivity contribution is -0.151. The van der Waals surface area contributed by atoms with Gasteiger partial charge in [-0.3, -0.25) is 9.59 Å². The Labute approximate surface area is 425 Å². The summed E-state index contributed by atoms with van der Waals surface area (Å²) in [5.41, 5.74) is 0. The minimum atomic E-state index is -0.787. The highest BCUT2D eigenvalue weighted by Gasteiger charge is 2.24. The molecule has 0 bridgehead atoms. The van der Waals surface area contributed by atoms with Crippen molar-refractivity contribution < 1.29 is 24.5 Å². The molecular weight excluding hydrogens is 839 g/mol. The van der Waals surface area contributed by atoms with Crippen LogP contribution in [-0.2, 0) is 14.3 Å². The number of rotatable bonds is 57. The van der Waals surface area contributed by atoms with Gasteiger partial charge in [0.2, 0.25) is 5.91 Å². The van der Waals surface area contributed by atoms with Crippen LogP contribution < -0.4 is 5.32 Å². The van der Waals surface area contributed by atoms with Crippen molar-refractivity contribution in [3.8, 4) is 0 Å². The van der Waals surface area contributed by atoms with Crippen LogP contribution in [0.4, 0.5) is 0 Å². The van der Waals surface area contributed by atoms with Gasteiger partial charge in [-0.25, -0.2) is 0 Å². The fourth-order valence-corrected chi connectivity index (χ4v) is 9.90. The van der Waals surface area contributed by atoms with Crippen LogP contribution in [0.15, 0.2) is 12.2 Å². The van der Waals surface area contributed by atoms with Gasteiger partial charge in [0.25, 0.3) is 0 Å². The number of aliphatic hydroxyl groups excluding tert-OH is 2. The zero-order chi connectivity index (χ0) is 49.5. The van der Waals surface area contributed by atoms with Gasteiger partial charge in [-0.1, -0.05) is 296 Å². The lowest BCUT2D eigenvalue weighted by Gasteiger charge is -2.24. The average molecular weight is 961 g/mol. The van der Waals surface area contributed by atoms with E-state index in [0.717, 1.165) is 57.8 Å². The number of hydrogen-bond donors (Lipinski definition) is 3. The Morgan fingerprint density at radius 2 is 0.706 bits per heavy atom. The second-order valence-electron chi connectivity index (χ2n) is 21.5. The number of carbonyl (C=O) groups excluding carboxylic acids is 2. The Morgan fingerprint density at radius 1 is 0.412 bits per heavy atom. The highest BCUT2D eigenvalue weighted by Crippen LogP contribution is 2.19. The van der Waals surface area contributed by atoms with Crippen molar-refractivity contribution in [1.82, 2.24) is 5.32 Å². The van der Waals surface area contributed by atoms with E-state index < -0.39 is 18.2 Å². The first-order chi connectivity index (χ1) is 33.5. The van der Waals surface area contributed by atoms with Crippen molar-refractivity contribution in [3.63, 3.8) is 0 Å². The van der Waals surface area contributed by atoms with Crippen molar-refractivity contribution in [3.05, 3.63) is 12.2 Å². The number of ether oxygens (including phenoxy) is 1. The van der Waals surface area contributed by atoms with Crippen molar-refractivity contribution in [2.75, 3.05) is 6.61 Å².